The van der Waals surface area contributed by atoms with E-state index in [1.165, 1.54) is 6.07 Å². The SMILES string of the molecule is N#Cc1c[n+](=O)c2ccc(C(F)(F)F)cc2n1[O-]. The number of fused-ring (bicyclic) bond motifs is 1. The third-order valence-corrected chi connectivity index (χ3v) is 2.33. The van der Waals surface area contributed by atoms with Crippen LogP contribution in [0.1, 0.15) is 11.3 Å². The van der Waals surface area contributed by atoms with E-state index in [-0.39, 0.29) is 14.7 Å². The molecule has 0 atom stereocenters. The Morgan fingerprint density at radius 2 is 2.06 bits per heavy atom. The lowest BCUT2D eigenvalue weighted by Gasteiger charge is -2.14. The molecule has 1 heterocycles. The minimum atomic E-state index is -4.63. The van der Waals surface area contributed by atoms with Crippen molar-refractivity contribution >= 4 is 11.0 Å². The van der Waals surface area contributed by atoms with Crippen molar-refractivity contribution in [1.29, 1.82) is 5.26 Å². The number of nitriles is 1. The van der Waals surface area contributed by atoms with E-state index in [1.54, 1.807) is 0 Å². The van der Waals surface area contributed by atoms with Crippen LogP contribution in [0, 0.1) is 21.4 Å². The average molecular weight is 255 g/mol. The van der Waals surface area contributed by atoms with E-state index in [0.29, 0.717) is 18.3 Å². The number of benzene rings is 1. The van der Waals surface area contributed by atoms with Crippen molar-refractivity contribution in [2.45, 2.75) is 6.18 Å². The van der Waals surface area contributed by atoms with Crippen molar-refractivity contribution in [1.82, 2.24) is 4.73 Å². The van der Waals surface area contributed by atoms with Crippen LogP contribution in [0.4, 0.5) is 13.2 Å². The second-order valence-electron chi connectivity index (χ2n) is 3.45. The fourth-order valence-corrected chi connectivity index (χ4v) is 1.49. The zero-order valence-electron chi connectivity index (χ0n) is 8.60. The van der Waals surface area contributed by atoms with Gasteiger partial charge in [0.1, 0.15) is 11.6 Å². The summed E-state index contributed by atoms with van der Waals surface area (Å²) in [4.78, 5) is 11.4. The van der Waals surface area contributed by atoms with Crippen LogP contribution in [-0.4, -0.2) is 4.73 Å². The van der Waals surface area contributed by atoms with Crippen molar-refractivity contribution in [3.8, 4) is 6.07 Å². The predicted molar refractivity (Wildman–Crippen MR) is 53.8 cm³/mol. The second-order valence-corrected chi connectivity index (χ2v) is 3.45. The molecule has 0 aliphatic carbocycles. The predicted octanol–water partition coefficient (Wildman–Crippen LogP) is 1.79. The lowest BCUT2D eigenvalue weighted by atomic mass is 10.2. The van der Waals surface area contributed by atoms with Gasteiger partial charge in [-0.15, -0.1) is 0 Å². The van der Waals surface area contributed by atoms with Gasteiger partial charge in [-0.25, -0.2) is 0 Å². The van der Waals surface area contributed by atoms with E-state index in [2.05, 4.69) is 0 Å². The van der Waals surface area contributed by atoms with Gasteiger partial charge in [-0.2, -0.15) is 18.4 Å². The van der Waals surface area contributed by atoms with E-state index >= 15 is 0 Å². The standard InChI is InChI=1S/C10H4F3N3O2/c11-10(12,13)6-1-2-8-9(3-6)16(18)7(4-14)5-15(8)17/h1-3,5H. The fraction of sp³-hybridized carbons (Fsp3) is 0.100. The lowest BCUT2D eigenvalue weighted by Crippen LogP contribution is -2.20. The molecule has 0 saturated heterocycles. The summed E-state index contributed by atoms with van der Waals surface area (Å²) in [5, 5.41) is 20.2. The van der Waals surface area contributed by atoms with Crippen molar-refractivity contribution < 1.29 is 17.6 Å². The van der Waals surface area contributed by atoms with Crippen LogP contribution in [0.3, 0.4) is 0 Å². The maximum atomic E-state index is 12.5. The Hall–Kier alpha value is -2.56. The highest BCUT2D eigenvalue weighted by molar-refractivity contribution is 5.73. The van der Waals surface area contributed by atoms with Crippen molar-refractivity contribution in [3.05, 3.63) is 45.8 Å². The molecule has 0 amide bonds. The van der Waals surface area contributed by atoms with Gasteiger partial charge in [0.25, 0.3) is 11.7 Å². The molecule has 92 valence electrons. The molecule has 0 aliphatic heterocycles. The van der Waals surface area contributed by atoms with Crippen LogP contribution in [0.2, 0.25) is 0 Å². The summed E-state index contributed by atoms with van der Waals surface area (Å²) < 4.78 is 37.6. The molecule has 0 N–H and O–H groups in total. The fourth-order valence-electron chi connectivity index (χ4n) is 1.49. The van der Waals surface area contributed by atoms with Crippen LogP contribution in [0.5, 0.6) is 0 Å². The molecule has 1 aromatic carbocycles. The average Bonchev–Trinajstić information content (AvgIpc) is 2.32. The molecule has 0 spiro atoms. The molecule has 2 aromatic rings. The van der Waals surface area contributed by atoms with Gasteiger partial charge in [-0.05, 0) is 12.1 Å². The summed E-state index contributed by atoms with van der Waals surface area (Å²) in [5.41, 5.74) is -2.37. The van der Waals surface area contributed by atoms with E-state index < -0.39 is 23.0 Å². The topological polar surface area (TPSA) is 74.8 Å². The van der Waals surface area contributed by atoms with Gasteiger partial charge >= 0.3 is 6.18 Å². The molecule has 18 heavy (non-hydrogen) atoms. The van der Waals surface area contributed by atoms with Crippen LogP contribution in [0.15, 0.2) is 24.4 Å². The molecular weight excluding hydrogens is 251 g/mol. The number of hydrogen-bond donors (Lipinski definition) is 0. The Bertz CT molecular complexity index is 728. The normalized spacial score (nSPS) is 11.4. The minimum absolute atomic E-state index is 0.00102. The zero-order valence-corrected chi connectivity index (χ0v) is 8.60. The third kappa shape index (κ3) is 1.75. The number of rotatable bonds is 0. The molecule has 1 aromatic heterocycles. The van der Waals surface area contributed by atoms with E-state index in [0.717, 1.165) is 6.07 Å². The Kier molecular flexibility index (Phi) is 2.47. The Labute approximate surface area is 97.5 Å². The molecule has 0 bridgehead atoms. The van der Waals surface area contributed by atoms with Crippen molar-refractivity contribution in [3.63, 3.8) is 0 Å². The van der Waals surface area contributed by atoms with Crippen LogP contribution in [-0.2, 0) is 6.18 Å². The largest absolute Gasteiger partial charge is 0.804 e. The number of hydrogen-bond acceptors (Lipinski definition) is 3. The first-order chi connectivity index (χ1) is 8.34. The molecule has 0 fully saturated rings. The van der Waals surface area contributed by atoms with Crippen molar-refractivity contribution in [2.24, 2.45) is 0 Å². The van der Waals surface area contributed by atoms with Crippen LogP contribution >= 0.6 is 0 Å². The number of halogens is 3. The van der Waals surface area contributed by atoms with E-state index in [1.807, 2.05) is 0 Å². The summed E-state index contributed by atoms with van der Waals surface area (Å²) in [6.07, 6.45) is -3.92. The number of nitrogens with zero attached hydrogens (tertiary/aromatic N) is 3. The second kappa shape index (κ2) is 3.73. The molecule has 0 aliphatic rings. The summed E-state index contributed by atoms with van der Waals surface area (Å²) in [7, 11) is 0. The first-order valence-corrected chi connectivity index (χ1v) is 4.61. The molecule has 2 rings (SSSR count). The van der Waals surface area contributed by atoms with Crippen molar-refractivity contribution in [2.75, 3.05) is 0 Å². The maximum Gasteiger partial charge on any atom is 0.416 e. The number of alkyl halides is 3. The monoisotopic (exact) mass is 255 g/mol. The van der Waals surface area contributed by atoms with Crippen LogP contribution in [0.25, 0.3) is 11.0 Å². The molecule has 5 nitrogen and oxygen atoms in total. The van der Waals surface area contributed by atoms with Gasteiger partial charge in [0.15, 0.2) is 5.69 Å². The number of aromatic nitrogens is 2. The minimum Gasteiger partial charge on any atom is -0.804 e. The summed E-state index contributed by atoms with van der Waals surface area (Å²) in [5.74, 6) is 0. The third-order valence-electron chi connectivity index (χ3n) is 2.33. The summed E-state index contributed by atoms with van der Waals surface area (Å²) >= 11 is 0. The Morgan fingerprint density at radius 3 is 2.61 bits per heavy atom. The van der Waals surface area contributed by atoms with E-state index in [4.69, 9.17) is 5.26 Å². The zero-order chi connectivity index (χ0) is 13.5. The molecule has 0 radical (unpaired) electrons. The van der Waals surface area contributed by atoms with Gasteiger partial charge in [-0.1, -0.05) is 0 Å². The quantitative estimate of drug-likeness (QED) is 0.673. The molecule has 8 heteroatoms. The highest BCUT2D eigenvalue weighted by Crippen LogP contribution is 2.30. The Morgan fingerprint density at radius 1 is 1.39 bits per heavy atom. The van der Waals surface area contributed by atoms with Gasteiger partial charge < -0.3 is 9.94 Å². The summed E-state index contributed by atoms with van der Waals surface area (Å²) in [6.45, 7) is 0. The molecule has 0 unspecified atom stereocenters. The van der Waals surface area contributed by atoms with Gasteiger partial charge in [0.05, 0.1) is 9.99 Å². The van der Waals surface area contributed by atoms with Gasteiger partial charge in [0.2, 0.25) is 0 Å². The first-order valence-electron chi connectivity index (χ1n) is 4.61. The summed E-state index contributed by atoms with van der Waals surface area (Å²) in [6, 6.07) is 3.56. The molecular formula is C10H4F3N3O2. The van der Waals surface area contributed by atoms with Gasteiger partial charge in [-0.3, -0.25) is 0 Å². The maximum absolute atomic E-state index is 12.5. The van der Waals surface area contributed by atoms with Gasteiger partial charge in [0, 0.05) is 11.0 Å². The highest BCUT2D eigenvalue weighted by atomic mass is 19.4. The Balaban J connectivity index is 2.89. The molecule has 0 saturated carbocycles. The van der Waals surface area contributed by atoms with E-state index in [9.17, 15) is 23.3 Å². The lowest BCUT2D eigenvalue weighted by molar-refractivity contribution is -0.464. The first kappa shape index (κ1) is 11.9. The van der Waals surface area contributed by atoms with Crippen LogP contribution < -0.4 is 4.43 Å². The highest BCUT2D eigenvalue weighted by Gasteiger charge is 2.31. The smallest absolute Gasteiger partial charge is 0.416 e.